The molecule has 0 saturated heterocycles. The summed E-state index contributed by atoms with van der Waals surface area (Å²) in [5, 5.41) is 24.4. The average Bonchev–Trinajstić information content (AvgIpc) is 4.05. The van der Waals surface area contributed by atoms with Crippen LogP contribution in [0.2, 0.25) is 0 Å². The van der Waals surface area contributed by atoms with E-state index in [1.807, 2.05) is 20.4 Å². The summed E-state index contributed by atoms with van der Waals surface area (Å²) in [6.45, 7) is 9.46. The van der Waals surface area contributed by atoms with E-state index in [2.05, 4.69) is 69.9 Å². The van der Waals surface area contributed by atoms with E-state index in [9.17, 15) is 21.6 Å². The van der Waals surface area contributed by atoms with Crippen molar-refractivity contribution in [3.63, 3.8) is 0 Å². The first-order chi connectivity index (χ1) is 29.3. The molecule has 0 aliphatic heterocycles. The van der Waals surface area contributed by atoms with Crippen molar-refractivity contribution in [2.75, 3.05) is 19.4 Å². The monoisotopic (exact) mass is 890 g/mol. The maximum Gasteiger partial charge on any atom is 0.333 e. The van der Waals surface area contributed by atoms with Crippen molar-refractivity contribution in [2.24, 2.45) is 19.2 Å². The number of anilines is 1. The number of fused-ring (bicyclic) bond motifs is 4. The lowest BCUT2D eigenvalue weighted by Gasteiger charge is -2.20. The second-order valence-corrected chi connectivity index (χ2v) is 20.6. The fourth-order valence-corrected chi connectivity index (χ4v) is 10.1. The molecule has 0 saturated carbocycles. The molecule has 4 aliphatic rings. The Hall–Kier alpha value is -4.80. The minimum atomic E-state index is -4.08. The van der Waals surface area contributed by atoms with Gasteiger partial charge in [-0.25, -0.2) is 23.1 Å². The summed E-state index contributed by atoms with van der Waals surface area (Å²) in [5.41, 5.74) is 12.7. The number of hydrogen-bond acceptors (Lipinski definition) is 11. The molecule has 336 valence electrons. The molecule has 2 heterocycles. The molecule has 62 heavy (non-hydrogen) atoms. The van der Waals surface area contributed by atoms with Crippen LogP contribution in [0, 0.1) is 11.5 Å². The van der Waals surface area contributed by atoms with E-state index in [1.54, 1.807) is 23.5 Å². The Morgan fingerprint density at radius 1 is 0.726 bits per heavy atom. The molecule has 0 spiro atoms. The van der Waals surface area contributed by atoms with Gasteiger partial charge in [-0.2, -0.15) is 18.6 Å². The van der Waals surface area contributed by atoms with Gasteiger partial charge in [-0.1, -0.05) is 12.1 Å². The number of benzene rings is 2. The van der Waals surface area contributed by atoms with E-state index in [-0.39, 0.29) is 10.1 Å². The lowest BCUT2D eigenvalue weighted by Crippen LogP contribution is -2.35. The van der Waals surface area contributed by atoms with E-state index in [1.165, 1.54) is 58.4 Å². The highest BCUT2D eigenvalue weighted by Gasteiger charge is 2.29. The second-order valence-electron chi connectivity index (χ2n) is 17.4. The van der Waals surface area contributed by atoms with Gasteiger partial charge >= 0.3 is 6.03 Å². The molecule has 2 aromatic carbocycles. The highest BCUT2D eigenvalue weighted by Crippen LogP contribution is 2.40. The van der Waals surface area contributed by atoms with E-state index in [4.69, 9.17) is 15.1 Å². The molecule has 0 radical (unpaired) electrons. The molecule has 0 bridgehead atoms. The van der Waals surface area contributed by atoms with Gasteiger partial charge in [0.15, 0.2) is 10.1 Å². The third-order valence-electron chi connectivity index (χ3n) is 12.6. The number of sulfonamides is 2. The van der Waals surface area contributed by atoms with Gasteiger partial charge in [-0.05, 0) is 163 Å². The van der Waals surface area contributed by atoms with Gasteiger partial charge < -0.3 is 10.1 Å². The van der Waals surface area contributed by atoms with Crippen LogP contribution in [0.1, 0.15) is 109 Å². The van der Waals surface area contributed by atoms with Crippen molar-refractivity contribution in [2.45, 2.75) is 140 Å². The molecule has 2 amide bonds. The Morgan fingerprint density at radius 2 is 1.13 bits per heavy atom. The Morgan fingerprint density at radius 3 is 1.53 bits per heavy atom. The third-order valence-corrected chi connectivity index (χ3v) is 14.6. The fourth-order valence-electron chi connectivity index (χ4n) is 8.61. The molecule has 0 fully saturated rings. The average molecular weight is 891 g/mol. The molecular formula is C44H62N10O6S2. The largest absolute Gasteiger partial charge is 0.387 e. The number of nitrogens with two attached hydrogens (primary N) is 1. The quantitative estimate of drug-likeness (QED) is 0.167. The first-order valence-electron chi connectivity index (χ1n) is 21.5. The van der Waals surface area contributed by atoms with Gasteiger partial charge in [0, 0.05) is 57.1 Å². The number of nitrogens with one attached hydrogen (secondary N) is 2. The molecule has 4 aliphatic carbocycles. The van der Waals surface area contributed by atoms with Crippen molar-refractivity contribution in [1.29, 1.82) is 5.26 Å². The van der Waals surface area contributed by atoms with Gasteiger partial charge in [0.2, 0.25) is 0 Å². The van der Waals surface area contributed by atoms with E-state index >= 15 is 0 Å². The van der Waals surface area contributed by atoms with Gasteiger partial charge in [-0.3, -0.25) is 19.2 Å². The number of primary sulfonamides is 1. The normalized spacial score (nSPS) is 15.1. The number of carbonyl (C=O) groups is 1. The molecule has 18 heteroatoms. The van der Waals surface area contributed by atoms with E-state index in [0.29, 0.717) is 25.2 Å². The lowest BCUT2D eigenvalue weighted by molar-refractivity contribution is 0.256. The highest BCUT2D eigenvalue weighted by atomic mass is 32.2. The minimum Gasteiger partial charge on any atom is -0.387 e. The number of amides is 2. The van der Waals surface area contributed by atoms with Crippen LogP contribution >= 0.6 is 0 Å². The summed E-state index contributed by atoms with van der Waals surface area (Å²) in [5.74, 6) is 0.903. The van der Waals surface area contributed by atoms with Gasteiger partial charge in [0.05, 0.1) is 11.4 Å². The van der Waals surface area contributed by atoms with Crippen LogP contribution in [-0.4, -0.2) is 78.4 Å². The van der Waals surface area contributed by atoms with Crippen LogP contribution in [0.25, 0.3) is 0 Å². The first kappa shape index (κ1) is 46.7. The number of hydrogen-bond donors (Lipinski definition) is 3. The Labute approximate surface area is 366 Å². The van der Waals surface area contributed by atoms with Crippen LogP contribution in [0.15, 0.2) is 34.3 Å². The number of ether oxygens (including phenoxy) is 1. The summed E-state index contributed by atoms with van der Waals surface area (Å²) in [7, 11) is -0.442. The molecule has 16 nitrogen and oxygen atoms in total. The van der Waals surface area contributed by atoms with Crippen molar-refractivity contribution in [1.82, 2.24) is 34.1 Å². The lowest BCUT2D eigenvalue weighted by atomic mass is 9.99. The molecule has 4 aromatic rings. The van der Waals surface area contributed by atoms with Gasteiger partial charge in [0.25, 0.3) is 26.3 Å². The first-order valence-corrected chi connectivity index (χ1v) is 24.5. The Kier molecular flexibility index (Phi) is 14.5. The zero-order chi connectivity index (χ0) is 45.1. The third kappa shape index (κ3) is 10.7. The van der Waals surface area contributed by atoms with Crippen molar-refractivity contribution < 1.29 is 26.4 Å². The predicted octanol–water partition coefficient (Wildman–Crippen LogP) is 5.18. The van der Waals surface area contributed by atoms with Crippen molar-refractivity contribution >= 4 is 31.8 Å². The summed E-state index contributed by atoms with van der Waals surface area (Å²) in [4.78, 5) is 16.9. The molecule has 0 atom stereocenters. The number of carbonyl (C=O) groups excluding carboxylic acids is 1. The number of nitrogens with zero attached hydrogens (tertiary/aromatic N) is 7. The van der Waals surface area contributed by atoms with Crippen LogP contribution in [-0.2, 0) is 98.6 Å². The summed E-state index contributed by atoms with van der Waals surface area (Å²) >= 11 is 0. The molecular weight excluding hydrogens is 829 g/mol. The predicted molar refractivity (Wildman–Crippen MR) is 238 cm³/mol. The second kappa shape index (κ2) is 19.3. The number of urea groups is 1. The van der Waals surface area contributed by atoms with Crippen LogP contribution in [0.5, 0.6) is 5.75 Å². The maximum atomic E-state index is 12.8. The SMILES string of the molecule is CC(C)N(C)Cc1cc(S(=O)(=O)NC(=O)Nc2c3c(cc4c2CCC4)CCC3)nn1C.CC(C)N(C)Cc1cc(S(N)(=O)=O)nn1C.N#COc1c2c(cc3c1CCC3)CCC2. The Balaban J connectivity index is 0.000000173. The van der Waals surface area contributed by atoms with Crippen molar-refractivity contribution in [3.05, 3.63) is 80.2 Å². The maximum absolute atomic E-state index is 12.8. The molecule has 2 aromatic heterocycles. The zero-order valence-electron chi connectivity index (χ0n) is 37.3. The van der Waals surface area contributed by atoms with Crippen molar-refractivity contribution in [3.8, 4) is 12.0 Å². The Bertz CT molecular complexity index is 2510. The minimum absolute atomic E-state index is 0.0813. The number of aromatic nitrogens is 4. The van der Waals surface area contributed by atoms with E-state index < -0.39 is 26.1 Å². The molecule has 8 rings (SSSR count). The smallest absolute Gasteiger partial charge is 0.333 e. The number of rotatable bonds is 11. The standard InChI is InChI=1S/C22H31N5O3S.C13H13NO.C9H18N4O2S/c1-14(2)26(3)13-17-12-20(24-27(17)4)31(29,30)25-22(28)23-21-18-9-5-7-15(18)11-16-8-6-10-19(16)21;14-8-15-13-11-5-1-3-9(11)7-10-4-2-6-12(10)13;1-7(2)12(3)6-8-5-9(11-13(8)4)16(10,14)15/h11-12,14H,5-10,13H2,1-4H3,(H2,23,25,28);7H,1-6H2;5,7H,6H2,1-4H3,(H2,10,14,15). The van der Waals surface area contributed by atoms with Gasteiger partial charge in [0.1, 0.15) is 5.75 Å². The summed E-state index contributed by atoms with van der Waals surface area (Å²) in [6.07, 6.45) is 14.7. The fraction of sp³-hybridized carbons (Fsp3) is 0.545. The summed E-state index contributed by atoms with van der Waals surface area (Å²) < 4.78 is 58.3. The van der Waals surface area contributed by atoms with Crippen LogP contribution < -0.4 is 19.9 Å². The summed E-state index contributed by atoms with van der Waals surface area (Å²) in [6, 6.07) is 7.60. The van der Waals surface area contributed by atoms with E-state index in [0.717, 1.165) is 98.2 Å². The van der Waals surface area contributed by atoms with Crippen LogP contribution in [0.4, 0.5) is 10.5 Å². The van der Waals surface area contributed by atoms with Crippen LogP contribution in [0.3, 0.4) is 0 Å². The number of nitriles is 1. The zero-order valence-corrected chi connectivity index (χ0v) is 39.0. The highest BCUT2D eigenvalue weighted by molar-refractivity contribution is 7.90. The topological polar surface area (TPSA) is 211 Å². The van der Waals surface area contributed by atoms with Gasteiger partial charge in [-0.15, -0.1) is 5.26 Å². The molecule has 0 unspecified atom stereocenters. The molecule has 4 N–H and O–H groups in total. The number of aryl methyl sites for hydroxylation is 6.